The van der Waals surface area contributed by atoms with E-state index in [1.54, 1.807) is 16.7 Å². The van der Waals surface area contributed by atoms with Crippen molar-refractivity contribution in [2.45, 2.75) is 24.6 Å². The molecule has 2 atom stereocenters. The molecule has 2 heterocycles. The standard InChI is InChI=1S/C12H20N2O5S2/c1-9-6-13(3-4-20-9)12(17)14(7-11(15)16)10-2-5-21(18,19)8-10/h9-10H,2-8H2,1H3,(H,15,16). The van der Waals surface area contributed by atoms with Gasteiger partial charge in [0.05, 0.1) is 11.5 Å². The molecule has 2 aliphatic heterocycles. The zero-order valence-corrected chi connectivity index (χ0v) is 13.5. The molecule has 0 saturated carbocycles. The lowest BCUT2D eigenvalue weighted by Gasteiger charge is -2.36. The summed E-state index contributed by atoms with van der Waals surface area (Å²) in [5.74, 6) is -0.416. The quantitative estimate of drug-likeness (QED) is 0.786. The molecule has 0 spiro atoms. The van der Waals surface area contributed by atoms with Gasteiger partial charge < -0.3 is 14.9 Å². The smallest absolute Gasteiger partial charge is 0.323 e. The lowest BCUT2D eigenvalue weighted by molar-refractivity contribution is -0.138. The van der Waals surface area contributed by atoms with Crippen LogP contribution in [0.3, 0.4) is 0 Å². The van der Waals surface area contributed by atoms with E-state index < -0.39 is 28.4 Å². The van der Waals surface area contributed by atoms with E-state index in [2.05, 4.69) is 0 Å². The maximum Gasteiger partial charge on any atom is 0.323 e. The molecule has 2 rings (SSSR count). The van der Waals surface area contributed by atoms with Gasteiger partial charge in [-0.3, -0.25) is 4.79 Å². The SMILES string of the molecule is CC1CN(C(=O)N(CC(=O)O)C2CCS(=O)(=O)C2)CCS1. The van der Waals surface area contributed by atoms with E-state index in [0.717, 1.165) is 5.75 Å². The number of thioether (sulfide) groups is 1. The maximum atomic E-state index is 12.6. The summed E-state index contributed by atoms with van der Waals surface area (Å²) >= 11 is 1.77. The first-order chi connectivity index (χ1) is 9.78. The van der Waals surface area contributed by atoms with Crippen molar-refractivity contribution in [2.75, 3.05) is 36.9 Å². The highest BCUT2D eigenvalue weighted by Crippen LogP contribution is 2.22. The minimum atomic E-state index is -3.16. The number of nitrogens with zero attached hydrogens (tertiary/aromatic N) is 2. The molecule has 2 fully saturated rings. The average Bonchev–Trinajstić information content (AvgIpc) is 2.75. The van der Waals surface area contributed by atoms with Crippen LogP contribution < -0.4 is 0 Å². The molecule has 0 bridgehead atoms. The largest absolute Gasteiger partial charge is 0.480 e. The third-order valence-electron chi connectivity index (χ3n) is 3.71. The van der Waals surface area contributed by atoms with Gasteiger partial charge in [-0.25, -0.2) is 13.2 Å². The fourth-order valence-corrected chi connectivity index (χ4v) is 5.44. The zero-order valence-electron chi connectivity index (χ0n) is 11.9. The molecule has 0 aliphatic carbocycles. The van der Waals surface area contributed by atoms with Crippen LogP contribution in [-0.2, 0) is 14.6 Å². The Morgan fingerprint density at radius 1 is 1.43 bits per heavy atom. The fourth-order valence-electron chi connectivity index (χ4n) is 2.69. The molecule has 0 aromatic heterocycles. The predicted octanol–water partition coefficient (Wildman–Crippen LogP) is 0.117. The van der Waals surface area contributed by atoms with Gasteiger partial charge in [-0.05, 0) is 6.42 Å². The molecular weight excluding hydrogens is 316 g/mol. The van der Waals surface area contributed by atoms with E-state index in [9.17, 15) is 18.0 Å². The number of carboxylic acids is 1. The molecule has 1 N–H and O–H groups in total. The third-order valence-corrected chi connectivity index (χ3v) is 6.60. The van der Waals surface area contributed by atoms with E-state index in [1.165, 1.54) is 4.90 Å². The Labute approximate surface area is 128 Å². The summed E-state index contributed by atoms with van der Waals surface area (Å²) in [4.78, 5) is 26.4. The Balaban J connectivity index is 2.11. The molecule has 120 valence electrons. The Morgan fingerprint density at radius 3 is 2.67 bits per heavy atom. The number of carbonyl (C=O) groups excluding carboxylic acids is 1. The summed E-state index contributed by atoms with van der Waals surface area (Å²) in [6.45, 7) is 2.71. The summed E-state index contributed by atoms with van der Waals surface area (Å²) in [6.07, 6.45) is 0.319. The monoisotopic (exact) mass is 336 g/mol. The van der Waals surface area contributed by atoms with Crippen LogP contribution in [0.25, 0.3) is 0 Å². The molecule has 0 radical (unpaired) electrons. The van der Waals surface area contributed by atoms with Gasteiger partial charge in [-0.15, -0.1) is 0 Å². The molecule has 9 heteroatoms. The van der Waals surface area contributed by atoms with Gasteiger partial charge in [0.1, 0.15) is 6.54 Å². The van der Waals surface area contributed by atoms with Crippen molar-refractivity contribution in [1.29, 1.82) is 0 Å². The van der Waals surface area contributed by atoms with Crippen molar-refractivity contribution < 1.29 is 23.1 Å². The van der Waals surface area contributed by atoms with Gasteiger partial charge in [0.2, 0.25) is 0 Å². The average molecular weight is 336 g/mol. The van der Waals surface area contributed by atoms with Crippen molar-refractivity contribution >= 4 is 33.6 Å². The highest BCUT2D eigenvalue weighted by molar-refractivity contribution is 8.00. The van der Waals surface area contributed by atoms with Gasteiger partial charge in [-0.1, -0.05) is 6.92 Å². The summed E-state index contributed by atoms with van der Waals surface area (Å²) in [6, 6.07) is -0.880. The van der Waals surface area contributed by atoms with Crippen LogP contribution in [0.4, 0.5) is 4.79 Å². The lowest BCUT2D eigenvalue weighted by atomic mass is 10.2. The van der Waals surface area contributed by atoms with E-state index >= 15 is 0 Å². The van der Waals surface area contributed by atoms with Crippen molar-refractivity contribution in [2.24, 2.45) is 0 Å². The maximum absolute atomic E-state index is 12.6. The third kappa shape index (κ3) is 4.26. The molecule has 0 aromatic rings. The number of sulfone groups is 1. The highest BCUT2D eigenvalue weighted by atomic mass is 32.2. The van der Waals surface area contributed by atoms with Crippen molar-refractivity contribution in [3.05, 3.63) is 0 Å². The minimum Gasteiger partial charge on any atom is -0.480 e. The Hall–Kier alpha value is -0.960. The summed E-state index contributed by atoms with van der Waals surface area (Å²) in [7, 11) is -3.16. The van der Waals surface area contributed by atoms with Crippen LogP contribution in [0.5, 0.6) is 0 Å². The molecule has 0 aromatic carbocycles. The second-order valence-corrected chi connectivity index (χ2v) is 9.26. The number of urea groups is 1. The number of carboxylic acid groups (broad SMARTS) is 1. The Bertz CT molecular complexity index is 522. The van der Waals surface area contributed by atoms with E-state index in [-0.39, 0.29) is 17.5 Å². The normalized spacial score (nSPS) is 28.3. The number of hydrogen-bond donors (Lipinski definition) is 1. The molecule has 21 heavy (non-hydrogen) atoms. The van der Waals surface area contributed by atoms with Gasteiger partial charge in [-0.2, -0.15) is 11.8 Å². The van der Waals surface area contributed by atoms with Gasteiger partial charge in [0.25, 0.3) is 0 Å². The van der Waals surface area contributed by atoms with E-state index in [0.29, 0.717) is 24.8 Å². The van der Waals surface area contributed by atoms with Crippen LogP contribution in [-0.4, -0.2) is 83.5 Å². The predicted molar refractivity (Wildman–Crippen MR) is 80.3 cm³/mol. The molecule has 7 nitrogen and oxygen atoms in total. The molecule has 2 aliphatic rings. The first-order valence-corrected chi connectivity index (χ1v) is 9.75. The molecule has 2 saturated heterocycles. The van der Waals surface area contributed by atoms with Crippen molar-refractivity contribution in [3.8, 4) is 0 Å². The van der Waals surface area contributed by atoms with E-state index in [1.807, 2.05) is 6.92 Å². The first kappa shape index (κ1) is 16.4. The highest BCUT2D eigenvalue weighted by Gasteiger charge is 2.37. The van der Waals surface area contributed by atoms with Crippen molar-refractivity contribution in [1.82, 2.24) is 9.80 Å². The second-order valence-electron chi connectivity index (χ2n) is 5.49. The summed E-state index contributed by atoms with van der Waals surface area (Å²) < 4.78 is 23.2. The second kappa shape index (κ2) is 6.43. The molecule has 2 amide bonds. The Kier molecular flexibility index (Phi) is 5.03. The van der Waals surface area contributed by atoms with Gasteiger partial charge in [0.15, 0.2) is 9.84 Å². The summed E-state index contributed by atoms with van der Waals surface area (Å²) in [5, 5.41) is 9.31. The minimum absolute atomic E-state index is 0.0212. The number of carbonyl (C=O) groups is 2. The summed E-state index contributed by atoms with van der Waals surface area (Å²) in [5.41, 5.74) is 0. The van der Waals surface area contributed by atoms with E-state index in [4.69, 9.17) is 5.11 Å². The van der Waals surface area contributed by atoms with Crippen molar-refractivity contribution in [3.63, 3.8) is 0 Å². The zero-order chi connectivity index (χ0) is 15.6. The molecule has 2 unspecified atom stereocenters. The van der Waals surface area contributed by atoms with Crippen LogP contribution >= 0.6 is 11.8 Å². The number of aliphatic carboxylic acids is 1. The Morgan fingerprint density at radius 2 is 2.14 bits per heavy atom. The van der Waals surface area contributed by atoms with Crippen LogP contribution in [0, 0.1) is 0 Å². The van der Waals surface area contributed by atoms with Crippen LogP contribution in [0.2, 0.25) is 0 Å². The van der Waals surface area contributed by atoms with Crippen LogP contribution in [0.15, 0.2) is 0 Å². The number of rotatable bonds is 3. The topological polar surface area (TPSA) is 95.0 Å². The number of hydrogen-bond acceptors (Lipinski definition) is 5. The number of amides is 2. The molecular formula is C12H20N2O5S2. The lowest BCUT2D eigenvalue weighted by Crippen LogP contribution is -2.53. The van der Waals surface area contributed by atoms with Crippen LogP contribution in [0.1, 0.15) is 13.3 Å². The van der Waals surface area contributed by atoms with Gasteiger partial charge in [0, 0.05) is 30.1 Å². The fraction of sp³-hybridized carbons (Fsp3) is 0.833. The van der Waals surface area contributed by atoms with Gasteiger partial charge >= 0.3 is 12.0 Å². The first-order valence-electron chi connectivity index (χ1n) is 6.88.